The third kappa shape index (κ3) is 7.15. The van der Waals surface area contributed by atoms with Crippen molar-refractivity contribution < 1.29 is 9.13 Å². The molecule has 1 saturated carbocycles. The molecule has 0 N–H and O–H groups in total. The minimum absolute atomic E-state index is 0.0449. The van der Waals surface area contributed by atoms with Crippen molar-refractivity contribution in [1.82, 2.24) is 0 Å². The van der Waals surface area contributed by atoms with E-state index in [-0.39, 0.29) is 11.9 Å². The van der Waals surface area contributed by atoms with Gasteiger partial charge in [0.25, 0.3) is 0 Å². The van der Waals surface area contributed by atoms with Gasteiger partial charge in [0, 0.05) is 0 Å². The van der Waals surface area contributed by atoms with Crippen LogP contribution in [0.15, 0.2) is 42.5 Å². The van der Waals surface area contributed by atoms with Gasteiger partial charge in [0.15, 0.2) is 11.6 Å². The summed E-state index contributed by atoms with van der Waals surface area (Å²) >= 11 is 0. The van der Waals surface area contributed by atoms with E-state index in [9.17, 15) is 4.39 Å². The van der Waals surface area contributed by atoms with Crippen molar-refractivity contribution in [1.29, 1.82) is 0 Å². The smallest absolute Gasteiger partial charge is 0.165 e. The molecule has 1 atom stereocenters. The first-order valence-corrected chi connectivity index (χ1v) is 12.0. The van der Waals surface area contributed by atoms with Gasteiger partial charge in [0.05, 0.1) is 6.10 Å². The van der Waals surface area contributed by atoms with Crippen molar-refractivity contribution in [3.05, 3.63) is 60.3 Å². The van der Waals surface area contributed by atoms with Gasteiger partial charge in [-0.25, -0.2) is 4.39 Å². The fourth-order valence-electron chi connectivity index (χ4n) is 4.43. The lowest BCUT2D eigenvalue weighted by molar-refractivity contribution is 0.197. The maximum absolute atomic E-state index is 14.6. The van der Waals surface area contributed by atoms with Crippen molar-refractivity contribution in [2.45, 2.75) is 90.6 Å². The molecule has 30 heavy (non-hydrogen) atoms. The van der Waals surface area contributed by atoms with Gasteiger partial charge in [-0.2, -0.15) is 0 Å². The summed E-state index contributed by atoms with van der Waals surface area (Å²) in [4.78, 5) is 0. The molecule has 2 aromatic carbocycles. The molecule has 0 amide bonds. The predicted octanol–water partition coefficient (Wildman–Crippen LogP) is 8.56. The summed E-state index contributed by atoms with van der Waals surface area (Å²) < 4.78 is 20.5. The van der Waals surface area contributed by atoms with E-state index in [0.717, 1.165) is 36.3 Å². The SMILES string of the molecule is CCCCCCC(C)Oc1ccc(-c2ccc(CCC3CC[CH]CC3)cc2)cc1F. The monoisotopic (exact) mass is 409 g/mol. The van der Waals surface area contributed by atoms with Crippen molar-refractivity contribution >= 4 is 0 Å². The van der Waals surface area contributed by atoms with Gasteiger partial charge in [0.2, 0.25) is 0 Å². The molecule has 1 radical (unpaired) electrons. The van der Waals surface area contributed by atoms with E-state index < -0.39 is 0 Å². The molecule has 163 valence electrons. The number of halogens is 1. The van der Waals surface area contributed by atoms with Gasteiger partial charge in [-0.05, 0) is 86.6 Å². The molecule has 1 aliphatic carbocycles. The van der Waals surface area contributed by atoms with Crippen LogP contribution in [0.3, 0.4) is 0 Å². The molecular formula is C28H38FO. The first kappa shape index (κ1) is 22.8. The van der Waals surface area contributed by atoms with Gasteiger partial charge in [-0.1, -0.05) is 69.4 Å². The zero-order valence-corrected chi connectivity index (χ0v) is 18.8. The van der Waals surface area contributed by atoms with Crippen molar-refractivity contribution in [2.75, 3.05) is 0 Å². The van der Waals surface area contributed by atoms with Crippen LogP contribution < -0.4 is 4.74 Å². The summed E-state index contributed by atoms with van der Waals surface area (Å²) in [5.41, 5.74) is 3.35. The minimum atomic E-state index is -0.272. The van der Waals surface area contributed by atoms with Gasteiger partial charge in [0.1, 0.15) is 0 Å². The Hall–Kier alpha value is -1.83. The van der Waals surface area contributed by atoms with Crippen LogP contribution in [0.25, 0.3) is 11.1 Å². The van der Waals surface area contributed by atoms with Crippen LogP contribution in [0.1, 0.15) is 83.6 Å². The second-order valence-corrected chi connectivity index (χ2v) is 8.97. The Labute approximate surface area is 183 Å². The number of unbranched alkanes of at least 4 members (excludes halogenated alkanes) is 3. The normalized spacial score (nSPS) is 15.8. The molecule has 0 bridgehead atoms. The van der Waals surface area contributed by atoms with E-state index >= 15 is 0 Å². The van der Waals surface area contributed by atoms with Crippen molar-refractivity contribution in [3.8, 4) is 16.9 Å². The Kier molecular flexibility index (Phi) is 9.24. The Bertz CT molecular complexity index is 746. The largest absolute Gasteiger partial charge is 0.488 e. The Balaban J connectivity index is 1.52. The maximum atomic E-state index is 14.6. The average molecular weight is 410 g/mol. The third-order valence-corrected chi connectivity index (χ3v) is 6.41. The Morgan fingerprint density at radius 1 is 0.967 bits per heavy atom. The summed E-state index contributed by atoms with van der Waals surface area (Å²) in [6.07, 6.45) is 16.0. The van der Waals surface area contributed by atoms with E-state index in [1.54, 1.807) is 12.1 Å². The van der Waals surface area contributed by atoms with Crippen LogP contribution in [-0.4, -0.2) is 6.10 Å². The van der Waals surface area contributed by atoms with Crippen molar-refractivity contribution in [3.63, 3.8) is 0 Å². The first-order chi connectivity index (χ1) is 14.7. The molecular weight excluding hydrogens is 371 g/mol. The molecule has 3 rings (SSSR count). The lowest BCUT2D eigenvalue weighted by Gasteiger charge is -2.21. The van der Waals surface area contributed by atoms with E-state index in [1.165, 1.54) is 56.9 Å². The van der Waals surface area contributed by atoms with Crippen molar-refractivity contribution in [2.24, 2.45) is 5.92 Å². The van der Waals surface area contributed by atoms with Gasteiger partial charge < -0.3 is 4.74 Å². The van der Waals surface area contributed by atoms with Crippen LogP contribution in [0.2, 0.25) is 0 Å². The molecule has 1 aliphatic rings. The zero-order chi connectivity index (χ0) is 21.2. The molecule has 2 aromatic rings. The summed E-state index contributed by atoms with van der Waals surface area (Å²) in [7, 11) is 0. The molecule has 0 aliphatic heterocycles. The standard InChI is InChI=1S/C28H38FO/c1-3-4-5-7-10-22(2)30-28-20-19-26(21-27(28)29)25-17-15-24(16-18-25)14-13-23-11-8-6-9-12-23/h6,15-23H,3-5,7-14H2,1-2H3. The second kappa shape index (κ2) is 12.1. The Morgan fingerprint density at radius 3 is 2.40 bits per heavy atom. The van der Waals surface area contributed by atoms with Gasteiger partial charge >= 0.3 is 0 Å². The maximum Gasteiger partial charge on any atom is 0.165 e. The lowest BCUT2D eigenvalue weighted by Crippen LogP contribution is -2.12. The highest BCUT2D eigenvalue weighted by atomic mass is 19.1. The molecule has 1 fully saturated rings. The summed E-state index contributed by atoms with van der Waals surface area (Å²) in [5, 5.41) is 0. The van der Waals surface area contributed by atoms with E-state index in [2.05, 4.69) is 37.6 Å². The highest BCUT2D eigenvalue weighted by Gasteiger charge is 2.14. The number of benzene rings is 2. The fourth-order valence-corrected chi connectivity index (χ4v) is 4.43. The van der Waals surface area contributed by atoms with Crippen LogP contribution in [-0.2, 0) is 6.42 Å². The molecule has 1 unspecified atom stereocenters. The highest BCUT2D eigenvalue weighted by Crippen LogP contribution is 2.29. The summed E-state index contributed by atoms with van der Waals surface area (Å²) in [5.74, 6) is 0.972. The zero-order valence-electron chi connectivity index (χ0n) is 18.8. The minimum Gasteiger partial charge on any atom is -0.488 e. The van der Waals surface area contributed by atoms with E-state index in [0.29, 0.717) is 5.75 Å². The van der Waals surface area contributed by atoms with E-state index in [4.69, 9.17) is 4.74 Å². The summed E-state index contributed by atoms with van der Waals surface area (Å²) in [6.45, 7) is 4.24. The van der Waals surface area contributed by atoms with Crippen LogP contribution in [0.5, 0.6) is 5.75 Å². The van der Waals surface area contributed by atoms with Crippen LogP contribution in [0, 0.1) is 18.2 Å². The average Bonchev–Trinajstić information content (AvgIpc) is 2.78. The molecule has 1 nitrogen and oxygen atoms in total. The number of aryl methyl sites for hydroxylation is 1. The van der Waals surface area contributed by atoms with Gasteiger partial charge in [-0.3, -0.25) is 0 Å². The molecule has 2 heteroatoms. The topological polar surface area (TPSA) is 9.23 Å². The highest BCUT2D eigenvalue weighted by molar-refractivity contribution is 5.64. The van der Waals surface area contributed by atoms with Crippen LogP contribution in [0.4, 0.5) is 4.39 Å². The lowest BCUT2D eigenvalue weighted by atomic mass is 9.85. The van der Waals surface area contributed by atoms with Gasteiger partial charge in [-0.15, -0.1) is 0 Å². The fraction of sp³-hybridized carbons (Fsp3) is 0.536. The predicted molar refractivity (Wildman–Crippen MR) is 125 cm³/mol. The molecule has 0 saturated heterocycles. The number of hydrogen-bond acceptors (Lipinski definition) is 1. The first-order valence-electron chi connectivity index (χ1n) is 12.0. The summed E-state index contributed by atoms with van der Waals surface area (Å²) in [6, 6.07) is 14.0. The second-order valence-electron chi connectivity index (χ2n) is 8.97. The number of rotatable bonds is 11. The molecule has 0 spiro atoms. The molecule has 0 heterocycles. The number of hydrogen-bond donors (Lipinski definition) is 0. The third-order valence-electron chi connectivity index (χ3n) is 6.41. The molecule has 0 aromatic heterocycles. The van der Waals surface area contributed by atoms with E-state index in [1.807, 2.05) is 13.0 Å². The quantitative estimate of drug-likeness (QED) is 0.338. The van der Waals surface area contributed by atoms with Crippen LogP contribution >= 0.6 is 0 Å². The Morgan fingerprint density at radius 2 is 1.70 bits per heavy atom. The number of ether oxygens (including phenoxy) is 1.